The van der Waals surface area contributed by atoms with Crippen LogP contribution in [0.15, 0.2) is 29.2 Å². The summed E-state index contributed by atoms with van der Waals surface area (Å²) < 4.78 is 33.0. The molecule has 2 bridgehead atoms. The standard InChI is InChI=1S/C13H16BrNO3S/c14-8-9-1-4-11(5-2-9)19(16,17)15-12-7-10-3-6-13(12)18-10/h1-2,4-5,10,12-13,15H,3,6-8H2. The molecule has 2 heterocycles. The Bertz CT molecular complexity index is 558. The van der Waals surface area contributed by atoms with Crippen LogP contribution in [-0.4, -0.2) is 26.7 Å². The van der Waals surface area contributed by atoms with Crippen LogP contribution >= 0.6 is 15.9 Å². The Hall–Kier alpha value is -0.430. The molecule has 2 fully saturated rings. The van der Waals surface area contributed by atoms with Gasteiger partial charge >= 0.3 is 0 Å². The van der Waals surface area contributed by atoms with E-state index < -0.39 is 10.0 Å². The van der Waals surface area contributed by atoms with Crippen LogP contribution < -0.4 is 4.72 Å². The second kappa shape index (κ2) is 5.16. The normalized spacial score (nSPS) is 29.8. The zero-order chi connectivity index (χ0) is 13.5. The molecule has 1 aromatic rings. The van der Waals surface area contributed by atoms with Gasteiger partial charge in [-0.2, -0.15) is 0 Å². The summed E-state index contributed by atoms with van der Waals surface area (Å²) in [6, 6.07) is 6.86. The molecular formula is C13H16BrNO3S. The fraction of sp³-hybridized carbons (Fsp3) is 0.538. The number of alkyl halides is 1. The van der Waals surface area contributed by atoms with E-state index in [9.17, 15) is 8.42 Å². The van der Waals surface area contributed by atoms with Gasteiger partial charge in [-0.05, 0) is 37.0 Å². The van der Waals surface area contributed by atoms with Gasteiger partial charge in [0.2, 0.25) is 10.0 Å². The number of hydrogen-bond donors (Lipinski definition) is 1. The van der Waals surface area contributed by atoms with E-state index in [0.717, 1.165) is 30.2 Å². The summed E-state index contributed by atoms with van der Waals surface area (Å²) in [6.45, 7) is 0. The van der Waals surface area contributed by atoms with Gasteiger partial charge in [0.1, 0.15) is 0 Å². The minimum atomic E-state index is -3.44. The first-order valence-electron chi connectivity index (χ1n) is 6.41. The summed E-state index contributed by atoms with van der Waals surface area (Å²) >= 11 is 3.34. The second-order valence-corrected chi connectivity index (χ2v) is 7.39. The summed E-state index contributed by atoms with van der Waals surface area (Å²) in [5.41, 5.74) is 1.06. The Morgan fingerprint density at radius 2 is 2.00 bits per heavy atom. The van der Waals surface area contributed by atoms with Gasteiger partial charge in [0.15, 0.2) is 0 Å². The molecule has 1 aromatic carbocycles. The Morgan fingerprint density at radius 1 is 1.26 bits per heavy atom. The van der Waals surface area contributed by atoms with E-state index in [1.54, 1.807) is 12.1 Å². The number of nitrogens with one attached hydrogen (secondary N) is 1. The fourth-order valence-electron chi connectivity index (χ4n) is 2.79. The first kappa shape index (κ1) is 13.5. The van der Waals surface area contributed by atoms with Crippen LogP contribution in [-0.2, 0) is 20.1 Å². The Balaban J connectivity index is 1.75. The van der Waals surface area contributed by atoms with Gasteiger partial charge in [-0.25, -0.2) is 13.1 Å². The third-order valence-corrected chi connectivity index (χ3v) is 5.95. The van der Waals surface area contributed by atoms with Crippen molar-refractivity contribution in [2.75, 3.05) is 0 Å². The van der Waals surface area contributed by atoms with Gasteiger partial charge in [-0.15, -0.1) is 0 Å². The first-order valence-corrected chi connectivity index (χ1v) is 9.01. The van der Waals surface area contributed by atoms with E-state index >= 15 is 0 Å². The average molecular weight is 346 g/mol. The van der Waals surface area contributed by atoms with Gasteiger partial charge < -0.3 is 4.74 Å². The highest BCUT2D eigenvalue weighted by Gasteiger charge is 2.42. The van der Waals surface area contributed by atoms with Crippen LogP contribution in [0.3, 0.4) is 0 Å². The summed E-state index contributed by atoms with van der Waals surface area (Å²) in [6.07, 6.45) is 3.11. The van der Waals surface area contributed by atoms with Gasteiger partial charge in [0.25, 0.3) is 0 Å². The molecule has 2 aliphatic rings. The Labute approximate surface area is 121 Å². The lowest BCUT2D eigenvalue weighted by Crippen LogP contribution is -2.41. The van der Waals surface area contributed by atoms with Gasteiger partial charge in [-0.1, -0.05) is 28.1 Å². The van der Waals surface area contributed by atoms with Crippen LogP contribution in [0.4, 0.5) is 0 Å². The number of hydrogen-bond acceptors (Lipinski definition) is 3. The number of fused-ring (bicyclic) bond motifs is 2. The van der Waals surface area contributed by atoms with E-state index in [2.05, 4.69) is 20.7 Å². The highest BCUT2D eigenvalue weighted by molar-refractivity contribution is 9.08. The maximum atomic E-state index is 12.3. The highest BCUT2D eigenvalue weighted by Crippen LogP contribution is 2.35. The van der Waals surface area contributed by atoms with Crippen LogP contribution in [0.25, 0.3) is 0 Å². The van der Waals surface area contributed by atoms with Crippen LogP contribution in [0.5, 0.6) is 0 Å². The van der Waals surface area contributed by atoms with Crippen molar-refractivity contribution >= 4 is 26.0 Å². The topological polar surface area (TPSA) is 55.4 Å². The first-order chi connectivity index (χ1) is 9.08. The third kappa shape index (κ3) is 2.72. The molecule has 0 aromatic heterocycles. The molecule has 0 saturated carbocycles. The molecular weight excluding hydrogens is 330 g/mol. The van der Waals surface area contributed by atoms with E-state index in [1.807, 2.05) is 12.1 Å². The van der Waals surface area contributed by atoms with Crippen molar-refractivity contribution in [3.63, 3.8) is 0 Å². The molecule has 0 radical (unpaired) electrons. The summed E-state index contributed by atoms with van der Waals surface area (Å²) in [5, 5.41) is 0.723. The lowest BCUT2D eigenvalue weighted by molar-refractivity contribution is 0.0996. The molecule has 4 nitrogen and oxygen atoms in total. The van der Waals surface area contributed by atoms with Gasteiger partial charge in [-0.3, -0.25) is 0 Å². The Kier molecular flexibility index (Phi) is 3.68. The van der Waals surface area contributed by atoms with Crippen molar-refractivity contribution in [1.82, 2.24) is 4.72 Å². The van der Waals surface area contributed by atoms with Crippen molar-refractivity contribution in [3.8, 4) is 0 Å². The number of ether oxygens (including phenoxy) is 1. The van der Waals surface area contributed by atoms with E-state index in [-0.39, 0.29) is 18.2 Å². The molecule has 0 spiro atoms. The second-order valence-electron chi connectivity index (χ2n) is 5.11. The molecule has 3 atom stereocenters. The fourth-order valence-corrected chi connectivity index (χ4v) is 4.44. The molecule has 104 valence electrons. The number of halogens is 1. The van der Waals surface area contributed by atoms with Gasteiger partial charge in [0, 0.05) is 5.33 Å². The number of benzene rings is 1. The van der Waals surface area contributed by atoms with Crippen molar-refractivity contribution in [2.24, 2.45) is 0 Å². The molecule has 3 unspecified atom stereocenters. The maximum absolute atomic E-state index is 12.3. The molecule has 1 N–H and O–H groups in total. The zero-order valence-electron chi connectivity index (χ0n) is 10.4. The predicted octanol–water partition coefficient (Wildman–Crippen LogP) is 2.18. The third-order valence-electron chi connectivity index (χ3n) is 3.80. The molecule has 3 rings (SSSR count). The van der Waals surface area contributed by atoms with Crippen molar-refractivity contribution in [1.29, 1.82) is 0 Å². The predicted molar refractivity (Wildman–Crippen MR) is 75.7 cm³/mol. The smallest absolute Gasteiger partial charge is 0.240 e. The molecule has 6 heteroatoms. The monoisotopic (exact) mass is 345 g/mol. The lowest BCUT2D eigenvalue weighted by Gasteiger charge is -2.20. The number of rotatable bonds is 4. The minimum absolute atomic E-state index is 0.0570. The molecule has 19 heavy (non-hydrogen) atoms. The average Bonchev–Trinajstić information content (AvgIpc) is 3.00. The molecule has 2 saturated heterocycles. The molecule has 0 aliphatic carbocycles. The van der Waals surface area contributed by atoms with Crippen LogP contribution in [0.1, 0.15) is 24.8 Å². The minimum Gasteiger partial charge on any atom is -0.373 e. The number of sulfonamides is 1. The maximum Gasteiger partial charge on any atom is 0.240 e. The molecule has 2 aliphatic heterocycles. The summed E-state index contributed by atoms with van der Waals surface area (Å²) in [7, 11) is -3.44. The van der Waals surface area contributed by atoms with Gasteiger partial charge in [0.05, 0.1) is 23.1 Å². The Morgan fingerprint density at radius 3 is 2.53 bits per heavy atom. The molecule has 0 amide bonds. The SMILES string of the molecule is O=S(=O)(NC1CC2CCC1O2)c1ccc(CBr)cc1. The van der Waals surface area contributed by atoms with Crippen molar-refractivity contribution in [3.05, 3.63) is 29.8 Å². The summed E-state index contributed by atoms with van der Waals surface area (Å²) in [4.78, 5) is 0.319. The highest BCUT2D eigenvalue weighted by atomic mass is 79.9. The van der Waals surface area contributed by atoms with E-state index in [4.69, 9.17) is 4.74 Å². The van der Waals surface area contributed by atoms with Crippen LogP contribution in [0, 0.1) is 0 Å². The van der Waals surface area contributed by atoms with E-state index in [0.29, 0.717) is 4.90 Å². The van der Waals surface area contributed by atoms with Crippen molar-refractivity contribution in [2.45, 2.75) is 47.7 Å². The zero-order valence-corrected chi connectivity index (χ0v) is 12.8. The quantitative estimate of drug-likeness (QED) is 0.851. The van der Waals surface area contributed by atoms with E-state index in [1.165, 1.54) is 0 Å². The summed E-state index contributed by atoms with van der Waals surface area (Å²) in [5.74, 6) is 0. The largest absolute Gasteiger partial charge is 0.373 e. The van der Waals surface area contributed by atoms with Crippen LogP contribution in [0.2, 0.25) is 0 Å². The lowest BCUT2D eigenvalue weighted by atomic mass is 9.96. The van der Waals surface area contributed by atoms with Crippen molar-refractivity contribution < 1.29 is 13.2 Å².